The topological polar surface area (TPSA) is 40.6 Å². The van der Waals surface area contributed by atoms with Crippen LogP contribution in [-0.2, 0) is 4.79 Å². The van der Waals surface area contributed by atoms with Gasteiger partial charge in [0.05, 0.1) is 0 Å². The molecule has 0 aromatic carbocycles. The number of fused-ring (bicyclic) bond motifs is 1. The Kier molecular flexibility index (Phi) is 1.42. The number of hydrogen-bond donors (Lipinski definition) is 0. The second-order valence-corrected chi connectivity index (χ2v) is 4.62. The van der Waals surface area contributed by atoms with Gasteiger partial charge in [-0.2, -0.15) is 0 Å². The summed E-state index contributed by atoms with van der Waals surface area (Å²) in [6.45, 7) is 2.50. The maximum Gasteiger partial charge on any atom is 0.328 e. The monoisotopic (exact) mass is 186 g/mol. The fourth-order valence-corrected chi connectivity index (χ4v) is 2.92. The molecule has 3 amide bonds. The lowest BCUT2D eigenvalue weighted by molar-refractivity contribution is -0.127. The summed E-state index contributed by atoms with van der Waals surface area (Å²) in [6.07, 6.45) is 0. The summed E-state index contributed by atoms with van der Waals surface area (Å²) in [5.74, 6) is 0.775. The van der Waals surface area contributed by atoms with Crippen molar-refractivity contribution in [3.8, 4) is 0 Å². The van der Waals surface area contributed by atoms with Gasteiger partial charge in [0.1, 0.15) is 0 Å². The molecule has 2 fully saturated rings. The van der Waals surface area contributed by atoms with E-state index in [1.54, 1.807) is 16.7 Å². The predicted molar refractivity (Wildman–Crippen MR) is 45.7 cm³/mol. The van der Waals surface area contributed by atoms with Crippen LogP contribution in [0.4, 0.5) is 4.79 Å². The smallest absolute Gasteiger partial charge is 0.300 e. The van der Waals surface area contributed by atoms with Gasteiger partial charge < -0.3 is 4.90 Å². The molecule has 2 aliphatic heterocycles. The van der Waals surface area contributed by atoms with Crippen LogP contribution in [0.1, 0.15) is 6.92 Å². The molecule has 5 heteroatoms. The van der Waals surface area contributed by atoms with Crippen LogP contribution in [0.2, 0.25) is 0 Å². The molecule has 12 heavy (non-hydrogen) atoms. The molecule has 0 aromatic rings. The van der Waals surface area contributed by atoms with Gasteiger partial charge in [-0.3, -0.25) is 9.69 Å². The molecule has 1 unspecified atom stereocenters. The Morgan fingerprint density at radius 2 is 2.17 bits per heavy atom. The average Bonchev–Trinajstić information content (AvgIpc) is 2.49. The van der Waals surface area contributed by atoms with Gasteiger partial charge in [-0.15, -0.1) is 11.8 Å². The van der Waals surface area contributed by atoms with E-state index >= 15 is 0 Å². The molecule has 0 saturated carbocycles. The standard InChI is InChI=1S/C7H10N2O2S/c1-7-5(10)8(2)6(11)9(7)3-4-12-7/h3-4H2,1-2H3. The van der Waals surface area contributed by atoms with Crippen molar-refractivity contribution in [3.05, 3.63) is 0 Å². The Morgan fingerprint density at radius 1 is 1.50 bits per heavy atom. The summed E-state index contributed by atoms with van der Waals surface area (Å²) in [6, 6.07) is -0.160. The highest BCUT2D eigenvalue weighted by Gasteiger charge is 2.55. The largest absolute Gasteiger partial charge is 0.328 e. The van der Waals surface area contributed by atoms with Crippen LogP contribution < -0.4 is 0 Å². The van der Waals surface area contributed by atoms with Gasteiger partial charge in [0.2, 0.25) is 0 Å². The highest BCUT2D eigenvalue weighted by atomic mass is 32.2. The second-order valence-electron chi connectivity index (χ2n) is 3.13. The average molecular weight is 186 g/mol. The summed E-state index contributed by atoms with van der Waals surface area (Å²) in [5, 5.41) is 0. The molecular weight excluding hydrogens is 176 g/mol. The number of rotatable bonds is 0. The highest BCUT2D eigenvalue weighted by Crippen LogP contribution is 2.41. The first-order valence-electron chi connectivity index (χ1n) is 3.81. The zero-order valence-electron chi connectivity index (χ0n) is 7.03. The number of carbonyl (C=O) groups excluding carboxylic acids is 2. The third kappa shape index (κ3) is 0.696. The van der Waals surface area contributed by atoms with E-state index in [4.69, 9.17) is 0 Å². The fraction of sp³-hybridized carbons (Fsp3) is 0.714. The minimum Gasteiger partial charge on any atom is -0.300 e. The number of thioether (sulfide) groups is 1. The zero-order valence-corrected chi connectivity index (χ0v) is 7.85. The van der Waals surface area contributed by atoms with E-state index in [0.717, 1.165) is 5.75 Å². The van der Waals surface area contributed by atoms with Crippen LogP contribution in [0.3, 0.4) is 0 Å². The Balaban J connectivity index is 2.42. The summed E-state index contributed by atoms with van der Waals surface area (Å²) in [5.41, 5.74) is 0. The van der Waals surface area contributed by atoms with E-state index in [1.165, 1.54) is 11.9 Å². The number of imide groups is 1. The van der Waals surface area contributed by atoms with Gasteiger partial charge in [0.15, 0.2) is 4.87 Å². The van der Waals surface area contributed by atoms with Crippen molar-refractivity contribution >= 4 is 23.7 Å². The first-order valence-corrected chi connectivity index (χ1v) is 4.79. The molecule has 2 heterocycles. The first-order chi connectivity index (χ1) is 5.57. The van der Waals surface area contributed by atoms with E-state index in [2.05, 4.69) is 0 Å². The molecule has 0 aliphatic carbocycles. The molecule has 0 bridgehead atoms. The van der Waals surface area contributed by atoms with Crippen molar-refractivity contribution in [1.29, 1.82) is 0 Å². The number of urea groups is 1. The number of amides is 3. The van der Waals surface area contributed by atoms with Crippen molar-refractivity contribution in [3.63, 3.8) is 0 Å². The van der Waals surface area contributed by atoms with E-state index in [-0.39, 0.29) is 11.9 Å². The van der Waals surface area contributed by atoms with Crippen LogP contribution in [-0.4, -0.2) is 46.0 Å². The van der Waals surface area contributed by atoms with Crippen LogP contribution in [0.15, 0.2) is 0 Å². The molecule has 66 valence electrons. The van der Waals surface area contributed by atoms with Crippen LogP contribution in [0.5, 0.6) is 0 Å². The van der Waals surface area contributed by atoms with E-state index in [1.807, 2.05) is 6.92 Å². The van der Waals surface area contributed by atoms with Crippen LogP contribution in [0.25, 0.3) is 0 Å². The number of carbonyl (C=O) groups is 2. The molecule has 2 rings (SSSR count). The minimum atomic E-state index is -0.605. The van der Waals surface area contributed by atoms with Crippen molar-refractivity contribution < 1.29 is 9.59 Å². The van der Waals surface area contributed by atoms with Crippen molar-refractivity contribution in [1.82, 2.24) is 9.80 Å². The minimum absolute atomic E-state index is 0.0880. The van der Waals surface area contributed by atoms with Gasteiger partial charge in [0, 0.05) is 19.3 Å². The van der Waals surface area contributed by atoms with Crippen LogP contribution in [0, 0.1) is 0 Å². The quantitative estimate of drug-likeness (QED) is 0.512. The first kappa shape index (κ1) is 7.91. The second kappa shape index (κ2) is 2.16. The summed E-state index contributed by atoms with van der Waals surface area (Å²) < 4.78 is 0. The third-order valence-corrected chi connectivity index (χ3v) is 3.78. The Bertz CT molecular complexity index is 268. The highest BCUT2D eigenvalue weighted by molar-refractivity contribution is 8.01. The molecule has 2 aliphatic rings. The molecular formula is C7H10N2O2S. The van der Waals surface area contributed by atoms with Gasteiger partial charge in [-0.25, -0.2) is 4.79 Å². The maximum atomic E-state index is 11.6. The lowest BCUT2D eigenvalue weighted by atomic mass is 10.3. The molecule has 1 atom stereocenters. The molecule has 0 spiro atoms. The number of hydrogen-bond acceptors (Lipinski definition) is 3. The van der Waals surface area contributed by atoms with Gasteiger partial charge in [0.25, 0.3) is 5.91 Å². The van der Waals surface area contributed by atoms with E-state index in [0.29, 0.717) is 6.54 Å². The SMILES string of the molecule is CN1C(=O)N2CCSC2(C)C1=O. The number of likely N-dealkylation sites (N-methyl/N-ethyl adjacent to an activating group) is 1. The molecule has 0 radical (unpaired) electrons. The van der Waals surface area contributed by atoms with E-state index < -0.39 is 4.87 Å². The lowest BCUT2D eigenvalue weighted by Gasteiger charge is -2.20. The Morgan fingerprint density at radius 3 is 2.75 bits per heavy atom. The van der Waals surface area contributed by atoms with Crippen molar-refractivity contribution in [2.45, 2.75) is 11.8 Å². The van der Waals surface area contributed by atoms with Gasteiger partial charge in [-0.1, -0.05) is 0 Å². The Labute approximate surface area is 74.9 Å². The zero-order chi connectivity index (χ0) is 8.93. The Hall–Kier alpha value is -0.710. The third-order valence-electron chi connectivity index (χ3n) is 2.43. The molecule has 4 nitrogen and oxygen atoms in total. The summed E-state index contributed by atoms with van der Waals surface area (Å²) in [7, 11) is 1.54. The summed E-state index contributed by atoms with van der Waals surface area (Å²) in [4.78, 5) is 25.2. The van der Waals surface area contributed by atoms with Crippen molar-refractivity contribution in [2.24, 2.45) is 0 Å². The lowest BCUT2D eigenvalue weighted by Crippen LogP contribution is -2.39. The molecule has 0 N–H and O–H groups in total. The maximum absolute atomic E-state index is 11.6. The normalized spacial score (nSPS) is 34.8. The summed E-state index contributed by atoms with van der Waals surface area (Å²) >= 11 is 1.54. The number of nitrogens with zero attached hydrogens (tertiary/aromatic N) is 2. The van der Waals surface area contributed by atoms with Crippen molar-refractivity contribution in [2.75, 3.05) is 19.3 Å². The van der Waals surface area contributed by atoms with Gasteiger partial charge in [-0.05, 0) is 6.92 Å². The van der Waals surface area contributed by atoms with Crippen LogP contribution >= 0.6 is 11.8 Å². The predicted octanol–water partition coefficient (Wildman–Crippen LogP) is 0.343. The van der Waals surface area contributed by atoms with E-state index in [9.17, 15) is 9.59 Å². The molecule has 2 saturated heterocycles. The van der Waals surface area contributed by atoms with Gasteiger partial charge >= 0.3 is 6.03 Å². The fourth-order valence-electron chi connectivity index (χ4n) is 1.66. The molecule has 0 aromatic heterocycles.